The van der Waals surface area contributed by atoms with Crippen molar-refractivity contribution >= 4 is 47.4 Å². The van der Waals surface area contributed by atoms with E-state index in [9.17, 15) is 19.2 Å². The van der Waals surface area contributed by atoms with Crippen molar-refractivity contribution in [2.45, 2.75) is 51.7 Å². The first kappa shape index (κ1) is 29.7. The fraction of sp³-hybridized carbons (Fsp3) is 0.818. The van der Waals surface area contributed by atoms with Crippen LogP contribution in [0.5, 0.6) is 0 Å². The van der Waals surface area contributed by atoms with Crippen molar-refractivity contribution in [2.24, 2.45) is 11.8 Å². The minimum absolute atomic E-state index is 0.0915. The monoisotopic (exact) mass is 507 g/mol. The van der Waals surface area contributed by atoms with Crippen molar-refractivity contribution in [2.75, 3.05) is 52.0 Å². The molecular weight excluding hydrogens is 470 g/mol. The lowest BCUT2D eigenvalue weighted by molar-refractivity contribution is -0.155. The third kappa shape index (κ3) is 12.1. The molecule has 33 heavy (non-hydrogen) atoms. The van der Waals surface area contributed by atoms with E-state index in [4.69, 9.17) is 18.9 Å². The van der Waals surface area contributed by atoms with Crippen molar-refractivity contribution in [3.63, 3.8) is 0 Å². The van der Waals surface area contributed by atoms with E-state index in [1.54, 1.807) is 27.7 Å². The Kier molecular flexibility index (Phi) is 14.0. The second kappa shape index (κ2) is 15.6. The van der Waals surface area contributed by atoms with E-state index >= 15 is 0 Å². The normalized spacial score (nSPS) is 15.7. The number of carbonyl (C=O) groups excluding carboxylic acids is 4. The Morgan fingerprint density at radius 1 is 1.03 bits per heavy atom. The van der Waals surface area contributed by atoms with Crippen molar-refractivity contribution in [1.82, 2.24) is 4.90 Å². The van der Waals surface area contributed by atoms with E-state index in [1.165, 1.54) is 0 Å². The Hall–Kier alpha value is -1.30. The average Bonchev–Trinajstić information content (AvgIpc) is 2.76. The topological polar surface area (TPSA) is 108 Å². The molecule has 0 unspecified atom stereocenters. The Morgan fingerprint density at radius 2 is 1.70 bits per heavy atom. The van der Waals surface area contributed by atoms with E-state index in [1.807, 2.05) is 0 Å². The Bertz CT molecular complexity index is 650. The maximum atomic E-state index is 12.7. The number of thiol groups is 1. The van der Waals surface area contributed by atoms with Crippen molar-refractivity contribution in [3.8, 4) is 0 Å². The lowest BCUT2D eigenvalue weighted by Gasteiger charge is -2.26. The van der Waals surface area contributed by atoms with Gasteiger partial charge in [0, 0.05) is 25.3 Å². The first-order valence-corrected chi connectivity index (χ1v) is 12.6. The fourth-order valence-corrected chi connectivity index (χ4v) is 3.84. The highest BCUT2D eigenvalue weighted by Crippen LogP contribution is 2.30. The van der Waals surface area contributed by atoms with Crippen LogP contribution in [-0.2, 0) is 33.3 Å². The summed E-state index contributed by atoms with van der Waals surface area (Å²) in [5.74, 6) is -2.12. The Morgan fingerprint density at radius 3 is 2.30 bits per heavy atom. The number of hydrogen-bond donors (Lipinski definition) is 1. The number of ether oxygens (including phenoxy) is 4. The van der Waals surface area contributed by atoms with Gasteiger partial charge in [-0.3, -0.25) is 19.3 Å². The molecule has 0 amide bonds. The molecule has 1 saturated heterocycles. The smallest absolute Gasteiger partial charge is 0.371 e. The lowest BCUT2D eigenvalue weighted by Crippen LogP contribution is -2.37. The number of nitrogens with zero attached hydrogens (tertiary/aromatic N) is 1. The van der Waals surface area contributed by atoms with Crippen molar-refractivity contribution in [3.05, 3.63) is 0 Å². The van der Waals surface area contributed by atoms with Gasteiger partial charge in [0.2, 0.25) is 6.79 Å². The number of ketones is 1. The van der Waals surface area contributed by atoms with Crippen LogP contribution in [0.3, 0.4) is 0 Å². The molecule has 0 bridgehead atoms. The predicted octanol–water partition coefficient (Wildman–Crippen LogP) is 2.95. The molecule has 0 aliphatic carbocycles. The van der Waals surface area contributed by atoms with Gasteiger partial charge >= 0.3 is 17.2 Å². The number of Topliss-reactive ketones (excluding diaryl/α,β-unsaturated/α-hetero) is 1. The largest absolute Gasteiger partial charge is 0.465 e. The predicted molar refractivity (Wildman–Crippen MR) is 128 cm³/mol. The lowest BCUT2D eigenvalue weighted by atomic mass is 9.97. The maximum Gasteiger partial charge on any atom is 0.371 e. The van der Waals surface area contributed by atoms with Gasteiger partial charge in [0.1, 0.15) is 5.78 Å². The molecule has 0 aromatic heterocycles. The van der Waals surface area contributed by atoms with Gasteiger partial charge in [-0.25, -0.2) is 4.79 Å². The van der Waals surface area contributed by atoms with Gasteiger partial charge in [-0.05, 0) is 45.0 Å². The quantitative estimate of drug-likeness (QED) is 0.163. The third-order valence-corrected chi connectivity index (χ3v) is 6.52. The van der Waals surface area contributed by atoms with Crippen LogP contribution in [0.4, 0.5) is 4.79 Å². The van der Waals surface area contributed by atoms with Crippen LogP contribution in [0.25, 0.3) is 0 Å². The molecule has 1 atom stereocenters. The SMILES string of the molecule is CC(C)C(=O)OCOC(=O)SC(C)(C)C(=O)C[C@@H](CS)C(=O)OCCCCN1CCOCC1. The standard InChI is InChI=1S/C22H37NO8S2/c1-16(2)19(25)30-15-31-21(27)33-22(3,4)18(24)13-17(14-32)20(26)29-10-6-5-7-23-8-11-28-12-9-23/h16-17,32H,5-15H2,1-4H3/t17-/m0/s1. The molecule has 0 aromatic rings. The highest BCUT2D eigenvalue weighted by Gasteiger charge is 2.35. The Balaban J connectivity index is 2.34. The minimum Gasteiger partial charge on any atom is -0.465 e. The summed E-state index contributed by atoms with van der Waals surface area (Å²) in [6.07, 6.45) is 1.56. The van der Waals surface area contributed by atoms with Gasteiger partial charge in [0.15, 0.2) is 0 Å². The van der Waals surface area contributed by atoms with Crippen molar-refractivity contribution in [1.29, 1.82) is 0 Å². The summed E-state index contributed by atoms with van der Waals surface area (Å²) in [6, 6.07) is 0. The van der Waals surface area contributed by atoms with Gasteiger partial charge in [-0.2, -0.15) is 12.6 Å². The number of morpholine rings is 1. The molecular formula is C22H37NO8S2. The zero-order chi connectivity index (χ0) is 24.9. The number of esters is 2. The maximum absolute atomic E-state index is 12.7. The van der Waals surface area contributed by atoms with Crippen LogP contribution in [0.2, 0.25) is 0 Å². The molecule has 0 spiro atoms. The summed E-state index contributed by atoms with van der Waals surface area (Å²) in [6.45, 7) is 10.6. The van der Waals surface area contributed by atoms with Crippen LogP contribution in [0.1, 0.15) is 47.0 Å². The molecule has 1 rings (SSSR count). The minimum atomic E-state index is -1.13. The van der Waals surface area contributed by atoms with Crippen LogP contribution in [-0.4, -0.2) is 84.7 Å². The third-order valence-electron chi connectivity index (χ3n) is 5.06. The van der Waals surface area contributed by atoms with E-state index < -0.39 is 34.7 Å². The van der Waals surface area contributed by atoms with E-state index in [-0.39, 0.29) is 23.9 Å². The molecule has 11 heteroatoms. The zero-order valence-corrected chi connectivity index (χ0v) is 21.7. The number of rotatable bonds is 14. The van der Waals surface area contributed by atoms with Crippen LogP contribution in [0.15, 0.2) is 0 Å². The molecule has 9 nitrogen and oxygen atoms in total. The first-order valence-electron chi connectivity index (χ1n) is 11.2. The molecule has 1 aliphatic heterocycles. The summed E-state index contributed by atoms with van der Waals surface area (Å²) in [4.78, 5) is 50.8. The Labute approximate surface area is 206 Å². The number of unbranched alkanes of at least 4 members (excludes halogenated alkanes) is 1. The molecule has 1 aliphatic rings. The van der Waals surface area contributed by atoms with E-state index in [2.05, 4.69) is 17.5 Å². The molecule has 0 saturated carbocycles. The summed E-state index contributed by atoms with van der Waals surface area (Å²) >= 11 is 4.87. The highest BCUT2D eigenvalue weighted by molar-refractivity contribution is 8.15. The van der Waals surface area contributed by atoms with Crippen LogP contribution < -0.4 is 0 Å². The zero-order valence-electron chi connectivity index (χ0n) is 20.0. The van der Waals surface area contributed by atoms with Gasteiger partial charge < -0.3 is 18.9 Å². The molecule has 190 valence electrons. The molecule has 0 N–H and O–H groups in total. The van der Waals surface area contributed by atoms with E-state index in [0.717, 1.165) is 45.7 Å². The number of thioether (sulfide) groups is 1. The van der Waals surface area contributed by atoms with E-state index in [0.29, 0.717) is 18.4 Å². The highest BCUT2D eigenvalue weighted by atomic mass is 32.2. The fourth-order valence-electron chi connectivity index (χ4n) is 2.84. The second-order valence-electron chi connectivity index (χ2n) is 8.58. The molecule has 1 fully saturated rings. The second-order valence-corrected chi connectivity index (χ2v) is 10.5. The molecule has 0 aromatic carbocycles. The average molecular weight is 508 g/mol. The van der Waals surface area contributed by atoms with Crippen LogP contribution in [0, 0.1) is 11.8 Å². The van der Waals surface area contributed by atoms with Gasteiger partial charge in [-0.15, -0.1) is 0 Å². The summed E-state index contributed by atoms with van der Waals surface area (Å²) < 4.78 is 19.2. The molecule has 1 heterocycles. The van der Waals surface area contributed by atoms with Gasteiger partial charge in [0.05, 0.1) is 36.4 Å². The van der Waals surface area contributed by atoms with Crippen LogP contribution >= 0.6 is 24.4 Å². The van der Waals surface area contributed by atoms with Gasteiger partial charge in [-0.1, -0.05) is 13.8 Å². The molecule has 0 radical (unpaired) electrons. The number of carbonyl (C=O) groups is 4. The van der Waals surface area contributed by atoms with Crippen molar-refractivity contribution < 1.29 is 38.1 Å². The first-order chi connectivity index (χ1) is 15.6. The summed E-state index contributed by atoms with van der Waals surface area (Å²) in [5.41, 5.74) is 0. The summed E-state index contributed by atoms with van der Waals surface area (Å²) in [5, 5.41) is -0.741. The summed E-state index contributed by atoms with van der Waals surface area (Å²) in [7, 11) is 0. The van der Waals surface area contributed by atoms with Gasteiger partial charge in [0.25, 0.3) is 0 Å². The number of hydrogen-bond acceptors (Lipinski definition) is 11.